The minimum absolute atomic E-state index is 1.07. The summed E-state index contributed by atoms with van der Waals surface area (Å²) < 4.78 is 2.58. The van der Waals surface area contributed by atoms with Crippen LogP contribution in [0.4, 0.5) is 34.1 Å². The Bertz CT molecular complexity index is 4270. The maximum absolute atomic E-state index is 2.48. The lowest BCUT2D eigenvalue weighted by Crippen LogP contribution is -2.17. The van der Waals surface area contributed by atoms with Gasteiger partial charge in [-0.3, -0.25) is 0 Å². The number of para-hydroxylation sites is 4. The summed E-state index contributed by atoms with van der Waals surface area (Å²) in [4.78, 5) is 4.97. The molecule has 0 saturated heterocycles. The Balaban J connectivity index is 1.17. The fourth-order valence-electron chi connectivity index (χ4n) is 11.3. The van der Waals surface area contributed by atoms with Crippen LogP contribution in [0.1, 0.15) is 0 Å². The molecule has 12 aromatic carbocycles. The Morgan fingerprint density at radius 1 is 0.290 bits per heavy atom. The lowest BCUT2D eigenvalue weighted by atomic mass is 9.92. The number of thiophene rings is 1. The second-order valence-corrected chi connectivity index (χ2v) is 19.0. The average molecular weight is 895 g/mol. The highest BCUT2D eigenvalue weighted by molar-refractivity contribution is 7.26. The fraction of sp³-hybridized carbons (Fsp3) is 0. The van der Waals surface area contributed by atoms with Crippen LogP contribution < -0.4 is 9.80 Å². The summed E-state index contributed by atoms with van der Waals surface area (Å²) >= 11 is 1.88. The lowest BCUT2D eigenvalue weighted by molar-refractivity contribution is 1.23. The van der Waals surface area contributed by atoms with E-state index in [4.69, 9.17) is 0 Å². The molecule has 0 N–H and O–H groups in total. The molecule has 0 radical (unpaired) electrons. The molecule has 2 nitrogen and oxygen atoms in total. The number of fused-ring (bicyclic) bond motifs is 19. The van der Waals surface area contributed by atoms with E-state index >= 15 is 0 Å². The predicted molar refractivity (Wildman–Crippen MR) is 298 cm³/mol. The second-order valence-electron chi connectivity index (χ2n) is 17.9. The summed E-state index contributed by atoms with van der Waals surface area (Å²) in [6.45, 7) is 0. The third kappa shape index (κ3) is 6.18. The molecule has 0 fully saturated rings. The summed E-state index contributed by atoms with van der Waals surface area (Å²) in [5.41, 5.74) is 11.4. The molecule has 322 valence electrons. The van der Waals surface area contributed by atoms with Crippen LogP contribution in [-0.2, 0) is 0 Å². The quantitative estimate of drug-likeness (QED) is 0.174. The van der Waals surface area contributed by atoms with E-state index in [0.717, 1.165) is 34.1 Å². The smallest absolute Gasteiger partial charge is 0.0781 e. The molecule has 0 unspecified atom stereocenters. The monoisotopic (exact) mass is 894 g/mol. The Kier molecular flexibility index (Phi) is 9.11. The molecule has 1 aromatic heterocycles. The van der Waals surface area contributed by atoms with Crippen molar-refractivity contribution in [3.05, 3.63) is 255 Å². The van der Waals surface area contributed by atoms with Crippen LogP contribution in [0.25, 0.3) is 96.3 Å². The molecule has 0 bridgehead atoms. The van der Waals surface area contributed by atoms with Crippen LogP contribution in [0.2, 0.25) is 0 Å². The molecule has 0 atom stereocenters. The standard InChI is InChI=1S/C66H42N2S/c1-3-20-43(21-4-1)67(61-36-19-34-57-52-30-12-11-28-50(52)54-31-15-17-35-60(54)68(66(57)61)44-22-5-2-6-23-44)45-38-39-53-49-27-10-8-25-47(49)46-24-7-9-26-48(46)51-29-13-14-32-55(51)64-56(59(53)42-45)40-41-63-65(64)58-33-16-18-37-62(58)69-63/h1-42H. The van der Waals surface area contributed by atoms with Crippen LogP contribution in [0.3, 0.4) is 0 Å². The van der Waals surface area contributed by atoms with Crippen LogP contribution >= 0.6 is 11.3 Å². The van der Waals surface area contributed by atoms with Gasteiger partial charge in [-0.2, -0.15) is 0 Å². The molecule has 0 saturated carbocycles. The van der Waals surface area contributed by atoms with Gasteiger partial charge in [0.15, 0.2) is 0 Å². The van der Waals surface area contributed by atoms with E-state index in [1.54, 1.807) is 0 Å². The van der Waals surface area contributed by atoms with Gasteiger partial charge < -0.3 is 9.80 Å². The third-order valence-corrected chi connectivity index (χ3v) is 15.3. The number of hydrogen-bond donors (Lipinski definition) is 0. The molecule has 0 amide bonds. The first-order valence-electron chi connectivity index (χ1n) is 23.7. The van der Waals surface area contributed by atoms with Crippen molar-refractivity contribution in [2.75, 3.05) is 9.80 Å². The Hall–Kier alpha value is -8.76. The zero-order chi connectivity index (χ0) is 45.4. The summed E-state index contributed by atoms with van der Waals surface area (Å²) in [5, 5.41) is 14.8. The maximum atomic E-state index is 2.48. The average Bonchev–Trinajstić information content (AvgIpc) is 3.75. The van der Waals surface area contributed by atoms with Gasteiger partial charge in [0.25, 0.3) is 0 Å². The van der Waals surface area contributed by atoms with Gasteiger partial charge in [-0.25, -0.2) is 0 Å². The van der Waals surface area contributed by atoms with Crippen molar-refractivity contribution in [3.8, 4) is 22.3 Å². The van der Waals surface area contributed by atoms with Gasteiger partial charge in [0.05, 0.1) is 17.1 Å². The fourth-order valence-corrected chi connectivity index (χ4v) is 12.4. The first-order chi connectivity index (χ1) is 34.3. The predicted octanol–water partition coefficient (Wildman–Crippen LogP) is 19.5. The molecule has 13 aromatic rings. The Morgan fingerprint density at radius 3 is 1.48 bits per heavy atom. The molecule has 2 heterocycles. The Morgan fingerprint density at radius 2 is 0.783 bits per heavy atom. The summed E-state index contributed by atoms with van der Waals surface area (Å²) in [6.07, 6.45) is 0. The van der Waals surface area contributed by atoms with Crippen molar-refractivity contribution >= 4 is 119 Å². The summed E-state index contributed by atoms with van der Waals surface area (Å²) in [7, 11) is 0. The van der Waals surface area contributed by atoms with Gasteiger partial charge >= 0.3 is 0 Å². The van der Waals surface area contributed by atoms with Gasteiger partial charge in [0.2, 0.25) is 0 Å². The molecule has 3 heteroatoms. The summed E-state index contributed by atoms with van der Waals surface area (Å²) in [6, 6.07) is 94.3. The molecule has 1 aliphatic rings. The molecule has 0 aliphatic carbocycles. The number of nitrogens with zero attached hydrogens (tertiary/aromatic N) is 2. The van der Waals surface area contributed by atoms with Crippen LogP contribution in [-0.4, -0.2) is 0 Å². The van der Waals surface area contributed by atoms with E-state index < -0.39 is 0 Å². The van der Waals surface area contributed by atoms with E-state index in [-0.39, 0.29) is 0 Å². The SMILES string of the molecule is c1ccc(N(c2ccc3c4ccccc4c4ccccc4c4ccccc4c4c(ccc5sc6ccccc6c54)c3c2)c2cccc3c2N(c2ccccc2)c2ccccc2-c2ccccc2-3)cc1. The highest BCUT2D eigenvalue weighted by Crippen LogP contribution is 2.56. The maximum Gasteiger partial charge on any atom is 0.0781 e. The molecule has 69 heavy (non-hydrogen) atoms. The first kappa shape index (κ1) is 39.4. The van der Waals surface area contributed by atoms with Crippen molar-refractivity contribution < 1.29 is 0 Å². The Labute approximate surface area is 404 Å². The number of hydrogen-bond acceptors (Lipinski definition) is 3. The van der Waals surface area contributed by atoms with Gasteiger partial charge in [0, 0.05) is 48.4 Å². The van der Waals surface area contributed by atoms with Crippen LogP contribution in [0, 0.1) is 0 Å². The first-order valence-corrected chi connectivity index (χ1v) is 24.5. The van der Waals surface area contributed by atoms with Crippen molar-refractivity contribution in [1.29, 1.82) is 0 Å². The highest BCUT2D eigenvalue weighted by Gasteiger charge is 2.31. The van der Waals surface area contributed by atoms with Crippen molar-refractivity contribution in [3.63, 3.8) is 0 Å². The normalized spacial score (nSPS) is 12.0. The van der Waals surface area contributed by atoms with Crippen molar-refractivity contribution in [2.45, 2.75) is 0 Å². The van der Waals surface area contributed by atoms with E-state index in [9.17, 15) is 0 Å². The summed E-state index contributed by atoms with van der Waals surface area (Å²) in [5.74, 6) is 0. The van der Waals surface area contributed by atoms with E-state index in [1.165, 1.54) is 96.3 Å². The second kappa shape index (κ2) is 16.0. The van der Waals surface area contributed by atoms with E-state index in [1.807, 2.05) is 11.3 Å². The van der Waals surface area contributed by atoms with Crippen LogP contribution in [0.15, 0.2) is 255 Å². The van der Waals surface area contributed by atoms with Crippen molar-refractivity contribution in [2.24, 2.45) is 0 Å². The van der Waals surface area contributed by atoms with Gasteiger partial charge in [0.1, 0.15) is 0 Å². The minimum atomic E-state index is 1.07. The van der Waals surface area contributed by atoms with Crippen molar-refractivity contribution in [1.82, 2.24) is 0 Å². The number of rotatable bonds is 4. The lowest BCUT2D eigenvalue weighted by Gasteiger charge is -2.34. The largest absolute Gasteiger partial charge is 0.308 e. The molecule has 1 aliphatic heterocycles. The minimum Gasteiger partial charge on any atom is -0.308 e. The highest BCUT2D eigenvalue weighted by atomic mass is 32.1. The molecule has 0 spiro atoms. The third-order valence-electron chi connectivity index (χ3n) is 14.2. The topological polar surface area (TPSA) is 6.48 Å². The number of anilines is 6. The van der Waals surface area contributed by atoms with Gasteiger partial charge in [-0.15, -0.1) is 11.3 Å². The molecule has 14 rings (SSSR count). The molecular weight excluding hydrogens is 853 g/mol. The van der Waals surface area contributed by atoms with E-state index in [0.29, 0.717) is 0 Å². The van der Waals surface area contributed by atoms with Crippen LogP contribution in [0.5, 0.6) is 0 Å². The zero-order valence-corrected chi connectivity index (χ0v) is 38.4. The number of benzene rings is 11. The van der Waals surface area contributed by atoms with E-state index in [2.05, 4.69) is 265 Å². The van der Waals surface area contributed by atoms with Gasteiger partial charge in [-0.05, 0) is 126 Å². The molecular formula is C66H42N2S. The zero-order valence-electron chi connectivity index (χ0n) is 37.6. The van der Waals surface area contributed by atoms with Gasteiger partial charge in [-0.1, -0.05) is 194 Å².